The maximum Gasteiger partial charge on any atom is 0.0540 e. The van der Waals surface area contributed by atoms with Crippen molar-refractivity contribution < 1.29 is 5.11 Å². The fourth-order valence-electron chi connectivity index (χ4n) is 1.31. The van der Waals surface area contributed by atoms with Gasteiger partial charge in [-0.05, 0) is 22.9 Å². The normalized spacial score (nSPS) is 9.79. The number of fused-ring (bicyclic) bond motifs is 1. The highest BCUT2D eigenvalue weighted by Crippen LogP contribution is 2.23. The van der Waals surface area contributed by atoms with Crippen molar-refractivity contribution in [3.8, 4) is 11.8 Å². The minimum atomic E-state index is 0.132. The monoisotopic (exact) mass is 202 g/mol. The molecule has 0 aliphatic rings. The first kappa shape index (κ1) is 9.26. The molecule has 0 fully saturated rings. The maximum absolute atomic E-state index is 8.62. The Morgan fingerprint density at radius 2 is 2.21 bits per heavy atom. The zero-order valence-corrected chi connectivity index (χ0v) is 8.47. The highest BCUT2D eigenvalue weighted by molar-refractivity contribution is 7.17. The van der Waals surface area contributed by atoms with Gasteiger partial charge >= 0.3 is 0 Å². The number of benzene rings is 1. The van der Waals surface area contributed by atoms with E-state index in [1.54, 1.807) is 11.3 Å². The fraction of sp³-hybridized carbons (Fsp3) is 0.167. The van der Waals surface area contributed by atoms with Gasteiger partial charge in [0.15, 0.2) is 0 Å². The molecule has 0 aliphatic carbocycles. The summed E-state index contributed by atoms with van der Waals surface area (Å²) in [6, 6.07) is 8.21. The third-order valence-electron chi connectivity index (χ3n) is 1.94. The molecule has 0 amide bonds. The number of rotatable bonds is 1. The van der Waals surface area contributed by atoms with Crippen LogP contribution in [0, 0.1) is 11.8 Å². The molecule has 70 valence electrons. The fourth-order valence-corrected chi connectivity index (χ4v) is 2.17. The Morgan fingerprint density at radius 3 is 3.07 bits per heavy atom. The van der Waals surface area contributed by atoms with Gasteiger partial charge in [0.2, 0.25) is 0 Å². The van der Waals surface area contributed by atoms with Crippen molar-refractivity contribution in [2.75, 3.05) is 6.61 Å². The van der Waals surface area contributed by atoms with E-state index in [1.165, 1.54) is 10.1 Å². The summed E-state index contributed by atoms with van der Waals surface area (Å²) >= 11 is 1.71. The molecule has 0 spiro atoms. The van der Waals surface area contributed by atoms with Crippen molar-refractivity contribution >= 4 is 21.4 Å². The van der Waals surface area contributed by atoms with E-state index in [0.717, 1.165) is 5.56 Å². The zero-order chi connectivity index (χ0) is 9.80. The smallest absolute Gasteiger partial charge is 0.0540 e. The van der Waals surface area contributed by atoms with Crippen LogP contribution in [0.4, 0.5) is 0 Å². The summed E-state index contributed by atoms with van der Waals surface area (Å²) in [5.74, 6) is 6.02. The Bertz CT molecular complexity index is 487. The number of aliphatic hydroxyl groups is 1. The average molecular weight is 202 g/mol. The Morgan fingerprint density at radius 1 is 1.29 bits per heavy atom. The molecule has 0 atom stereocenters. The van der Waals surface area contributed by atoms with Gasteiger partial charge < -0.3 is 5.11 Å². The van der Waals surface area contributed by atoms with Crippen molar-refractivity contribution in [3.05, 3.63) is 35.2 Å². The summed E-state index contributed by atoms with van der Waals surface area (Å²) in [6.07, 6.45) is 0.543. The summed E-state index contributed by atoms with van der Waals surface area (Å²) in [7, 11) is 0. The van der Waals surface area contributed by atoms with E-state index in [-0.39, 0.29) is 6.61 Å². The summed E-state index contributed by atoms with van der Waals surface area (Å²) in [5, 5.41) is 11.9. The second kappa shape index (κ2) is 4.28. The summed E-state index contributed by atoms with van der Waals surface area (Å²) in [4.78, 5) is 0. The van der Waals surface area contributed by atoms with Crippen LogP contribution in [0.25, 0.3) is 10.1 Å². The summed E-state index contributed by atoms with van der Waals surface area (Å²) < 4.78 is 1.23. The quantitative estimate of drug-likeness (QED) is 0.705. The highest BCUT2D eigenvalue weighted by Gasteiger charge is 1.97. The Kier molecular flexibility index (Phi) is 2.83. The lowest BCUT2D eigenvalue weighted by molar-refractivity contribution is 0.305. The molecule has 1 N–H and O–H groups in total. The second-order valence-corrected chi connectivity index (χ2v) is 3.84. The molecule has 1 aromatic carbocycles. The lowest BCUT2D eigenvalue weighted by atomic mass is 10.2. The molecule has 0 unspecified atom stereocenters. The van der Waals surface area contributed by atoms with E-state index in [0.29, 0.717) is 6.42 Å². The van der Waals surface area contributed by atoms with Crippen LogP contribution in [0.2, 0.25) is 0 Å². The van der Waals surface area contributed by atoms with E-state index in [9.17, 15) is 0 Å². The van der Waals surface area contributed by atoms with Crippen LogP contribution >= 0.6 is 11.3 Å². The van der Waals surface area contributed by atoms with E-state index in [1.807, 2.05) is 12.1 Å². The van der Waals surface area contributed by atoms with Crippen molar-refractivity contribution in [1.82, 2.24) is 0 Å². The predicted octanol–water partition coefficient (Wildman–Crippen LogP) is 2.64. The summed E-state index contributed by atoms with van der Waals surface area (Å²) in [6.45, 7) is 0.132. The van der Waals surface area contributed by atoms with E-state index < -0.39 is 0 Å². The van der Waals surface area contributed by atoms with Gasteiger partial charge in [-0.15, -0.1) is 11.3 Å². The number of hydrogen-bond donors (Lipinski definition) is 1. The number of thiophene rings is 1. The standard InChI is InChI=1S/C12H10OS/c13-8-2-1-4-10-5-3-6-11-7-9-14-12(10)11/h3,5-7,9,13H,2,8H2. The van der Waals surface area contributed by atoms with Crippen LogP contribution in [0.1, 0.15) is 12.0 Å². The number of aliphatic hydroxyl groups excluding tert-OH is 1. The highest BCUT2D eigenvalue weighted by atomic mass is 32.1. The second-order valence-electron chi connectivity index (χ2n) is 2.92. The van der Waals surface area contributed by atoms with Gasteiger partial charge in [-0.3, -0.25) is 0 Å². The SMILES string of the molecule is OCCC#Cc1cccc2ccsc12. The van der Waals surface area contributed by atoms with E-state index >= 15 is 0 Å². The van der Waals surface area contributed by atoms with Crippen LogP contribution in [0.15, 0.2) is 29.6 Å². The van der Waals surface area contributed by atoms with Crippen LogP contribution in [0.5, 0.6) is 0 Å². The van der Waals surface area contributed by atoms with E-state index in [4.69, 9.17) is 5.11 Å². The molecular formula is C12H10OS. The van der Waals surface area contributed by atoms with Gasteiger partial charge in [-0.1, -0.05) is 24.0 Å². The molecule has 0 saturated heterocycles. The molecule has 2 heteroatoms. The first-order chi connectivity index (χ1) is 6.92. The van der Waals surface area contributed by atoms with Gasteiger partial charge in [0.1, 0.15) is 0 Å². The molecule has 0 saturated carbocycles. The first-order valence-corrected chi connectivity index (χ1v) is 5.36. The Labute approximate surface area is 87.0 Å². The minimum absolute atomic E-state index is 0.132. The largest absolute Gasteiger partial charge is 0.395 e. The van der Waals surface area contributed by atoms with Gasteiger partial charge in [0, 0.05) is 16.7 Å². The third kappa shape index (κ3) is 1.79. The van der Waals surface area contributed by atoms with Crippen LogP contribution in [0.3, 0.4) is 0 Å². The molecule has 14 heavy (non-hydrogen) atoms. The van der Waals surface area contributed by atoms with E-state index in [2.05, 4.69) is 29.4 Å². The van der Waals surface area contributed by atoms with Crippen molar-refractivity contribution in [2.45, 2.75) is 6.42 Å². The van der Waals surface area contributed by atoms with Gasteiger partial charge in [0.25, 0.3) is 0 Å². The third-order valence-corrected chi connectivity index (χ3v) is 2.90. The van der Waals surface area contributed by atoms with Gasteiger partial charge in [-0.25, -0.2) is 0 Å². The predicted molar refractivity (Wildman–Crippen MR) is 60.4 cm³/mol. The Hall–Kier alpha value is -1.30. The number of hydrogen-bond acceptors (Lipinski definition) is 2. The molecule has 1 heterocycles. The lowest BCUT2D eigenvalue weighted by Crippen LogP contribution is -1.77. The van der Waals surface area contributed by atoms with Crippen molar-refractivity contribution in [3.63, 3.8) is 0 Å². The maximum atomic E-state index is 8.62. The van der Waals surface area contributed by atoms with Crippen LogP contribution in [-0.4, -0.2) is 11.7 Å². The van der Waals surface area contributed by atoms with Crippen molar-refractivity contribution in [2.24, 2.45) is 0 Å². The van der Waals surface area contributed by atoms with Gasteiger partial charge in [-0.2, -0.15) is 0 Å². The molecule has 0 aliphatic heterocycles. The molecule has 2 aromatic rings. The molecule has 1 aromatic heterocycles. The minimum Gasteiger partial charge on any atom is -0.395 e. The molecule has 0 bridgehead atoms. The lowest BCUT2D eigenvalue weighted by Gasteiger charge is -1.92. The Balaban J connectivity index is 2.43. The molecule has 2 rings (SSSR count). The average Bonchev–Trinajstić information content (AvgIpc) is 2.67. The topological polar surface area (TPSA) is 20.2 Å². The molecular weight excluding hydrogens is 192 g/mol. The first-order valence-electron chi connectivity index (χ1n) is 4.48. The zero-order valence-electron chi connectivity index (χ0n) is 7.66. The molecule has 0 radical (unpaired) electrons. The van der Waals surface area contributed by atoms with Crippen LogP contribution < -0.4 is 0 Å². The van der Waals surface area contributed by atoms with Gasteiger partial charge in [0.05, 0.1) is 6.61 Å². The summed E-state index contributed by atoms with van der Waals surface area (Å²) in [5.41, 5.74) is 1.06. The van der Waals surface area contributed by atoms with Crippen LogP contribution in [-0.2, 0) is 0 Å². The van der Waals surface area contributed by atoms with Crippen molar-refractivity contribution in [1.29, 1.82) is 0 Å². The molecule has 1 nitrogen and oxygen atoms in total.